The van der Waals surface area contributed by atoms with E-state index in [4.69, 9.17) is 14.2 Å². The smallest absolute Gasteiger partial charge is 0.308 e. The molecule has 174 valence electrons. The lowest BCUT2D eigenvalue weighted by molar-refractivity contribution is -0.151. The fraction of sp³-hybridized carbons (Fsp3) is 0.375. The molecule has 8 nitrogen and oxygen atoms in total. The van der Waals surface area contributed by atoms with Gasteiger partial charge < -0.3 is 24.4 Å². The van der Waals surface area contributed by atoms with Crippen molar-refractivity contribution in [2.75, 3.05) is 26.1 Å². The summed E-state index contributed by atoms with van der Waals surface area (Å²) in [6.45, 7) is 0.202. The molecule has 33 heavy (non-hydrogen) atoms. The Hall–Kier alpha value is -3.46. The highest BCUT2D eigenvalue weighted by molar-refractivity contribution is 6.05. The van der Waals surface area contributed by atoms with Crippen molar-refractivity contribution in [1.29, 1.82) is 0 Å². The van der Waals surface area contributed by atoms with E-state index in [0.717, 1.165) is 0 Å². The zero-order valence-corrected chi connectivity index (χ0v) is 18.4. The molecule has 2 amide bonds. The molecule has 0 saturated carbocycles. The quantitative estimate of drug-likeness (QED) is 0.711. The molecule has 0 radical (unpaired) electrons. The molecule has 2 aliphatic rings. The standard InChI is InChI=1S/C24H25FN2O6/c1-27-19-9-8-15(12-22(28)31-2)33-21(19)13-32-20-10-7-14(11-17(20)24(27)30)26-23(29)16-5-3-4-6-18(16)25/h3-7,10-11,15,19,21H,8-9,12-13H2,1-2H3,(H,26,29)/t15-,19+,21+/m1/s1. The van der Waals surface area contributed by atoms with Gasteiger partial charge in [0.05, 0.1) is 36.8 Å². The van der Waals surface area contributed by atoms with Gasteiger partial charge >= 0.3 is 5.97 Å². The number of carbonyl (C=O) groups is 3. The lowest BCUT2D eigenvalue weighted by Crippen LogP contribution is -2.53. The summed E-state index contributed by atoms with van der Waals surface area (Å²) in [6, 6.07) is 10.1. The van der Waals surface area contributed by atoms with Crippen molar-refractivity contribution in [3.63, 3.8) is 0 Å². The third-order valence-corrected chi connectivity index (χ3v) is 6.01. The molecule has 0 unspecified atom stereocenters. The summed E-state index contributed by atoms with van der Waals surface area (Å²) in [4.78, 5) is 38.9. The van der Waals surface area contributed by atoms with Crippen molar-refractivity contribution in [2.24, 2.45) is 0 Å². The highest BCUT2D eigenvalue weighted by Gasteiger charge is 2.39. The zero-order chi connectivity index (χ0) is 23.5. The van der Waals surface area contributed by atoms with Crippen LogP contribution in [0.25, 0.3) is 0 Å². The molecule has 0 aliphatic carbocycles. The van der Waals surface area contributed by atoms with Gasteiger partial charge in [0.1, 0.15) is 24.3 Å². The van der Waals surface area contributed by atoms with Crippen molar-refractivity contribution in [3.05, 3.63) is 59.4 Å². The third-order valence-electron chi connectivity index (χ3n) is 6.01. The minimum absolute atomic E-state index is 0.0901. The predicted octanol–water partition coefficient (Wildman–Crippen LogP) is 3.02. The van der Waals surface area contributed by atoms with Crippen LogP contribution in [0, 0.1) is 5.82 Å². The number of halogens is 1. The van der Waals surface area contributed by atoms with E-state index < -0.39 is 17.8 Å². The van der Waals surface area contributed by atoms with E-state index in [1.54, 1.807) is 30.1 Å². The summed E-state index contributed by atoms with van der Waals surface area (Å²) in [7, 11) is 3.03. The van der Waals surface area contributed by atoms with Gasteiger partial charge in [-0.1, -0.05) is 12.1 Å². The number of esters is 1. The zero-order valence-electron chi connectivity index (χ0n) is 18.4. The van der Waals surface area contributed by atoms with Gasteiger partial charge in [-0.05, 0) is 43.2 Å². The average Bonchev–Trinajstić information content (AvgIpc) is 2.82. The number of hydrogen-bond donors (Lipinski definition) is 1. The van der Waals surface area contributed by atoms with E-state index in [1.807, 2.05) is 0 Å². The number of ether oxygens (including phenoxy) is 3. The number of nitrogens with one attached hydrogen (secondary N) is 1. The molecule has 3 atom stereocenters. The fourth-order valence-electron chi connectivity index (χ4n) is 4.22. The van der Waals surface area contributed by atoms with E-state index in [1.165, 1.54) is 31.4 Å². The SMILES string of the molecule is COC(=O)C[C@H]1CC[C@H]2[C@H](COc3ccc(NC(=O)c4ccccc4F)cc3C(=O)N2C)O1. The van der Waals surface area contributed by atoms with Gasteiger partial charge in [-0.15, -0.1) is 0 Å². The molecule has 1 saturated heterocycles. The van der Waals surface area contributed by atoms with E-state index in [9.17, 15) is 18.8 Å². The summed E-state index contributed by atoms with van der Waals surface area (Å²) < 4.78 is 30.6. The molecule has 1 fully saturated rings. The number of methoxy groups -OCH3 is 1. The number of rotatable bonds is 4. The second-order valence-electron chi connectivity index (χ2n) is 8.09. The Morgan fingerprint density at radius 2 is 2.00 bits per heavy atom. The van der Waals surface area contributed by atoms with Crippen LogP contribution >= 0.6 is 0 Å². The van der Waals surface area contributed by atoms with Crippen LogP contribution in [0.4, 0.5) is 10.1 Å². The first-order chi connectivity index (χ1) is 15.9. The monoisotopic (exact) mass is 456 g/mol. The van der Waals surface area contributed by atoms with Crippen LogP contribution in [0.3, 0.4) is 0 Å². The number of amides is 2. The van der Waals surface area contributed by atoms with Crippen LogP contribution in [-0.2, 0) is 14.3 Å². The molecule has 9 heteroatoms. The molecular formula is C24H25FN2O6. The van der Waals surface area contributed by atoms with Crippen molar-refractivity contribution >= 4 is 23.5 Å². The Kier molecular flexibility index (Phi) is 6.60. The topological polar surface area (TPSA) is 94.2 Å². The summed E-state index contributed by atoms with van der Waals surface area (Å²) in [5.41, 5.74) is 0.550. The largest absolute Gasteiger partial charge is 0.490 e. The fourth-order valence-corrected chi connectivity index (χ4v) is 4.22. The Labute approximate surface area is 190 Å². The molecule has 0 bridgehead atoms. The number of anilines is 1. The van der Waals surface area contributed by atoms with Crippen molar-refractivity contribution in [2.45, 2.75) is 37.5 Å². The minimum Gasteiger partial charge on any atom is -0.490 e. The van der Waals surface area contributed by atoms with E-state index in [2.05, 4.69) is 5.32 Å². The molecule has 0 spiro atoms. The van der Waals surface area contributed by atoms with Crippen LogP contribution < -0.4 is 10.1 Å². The maximum atomic E-state index is 13.9. The van der Waals surface area contributed by atoms with Crippen LogP contribution in [0.2, 0.25) is 0 Å². The maximum absolute atomic E-state index is 13.9. The van der Waals surface area contributed by atoms with Crippen LogP contribution in [0.1, 0.15) is 40.0 Å². The molecule has 2 aliphatic heterocycles. The molecular weight excluding hydrogens is 431 g/mol. The molecule has 0 aromatic heterocycles. The number of carbonyl (C=O) groups excluding carboxylic acids is 3. The summed E-state index contributed by atoms with van der Waals surface area (Å²) in [5, 5.41) is 2.63. The van der Waals surface area contributed by atoms with Crippen LogP contribution in [0.15, 0.2) is 42.5 Å². The van der Waals surface area contributed by atoms with Crippen molar-refractivity contribution in [1.82, 2.24) is 4.90 Å². The Bertz CT molecular complexity index is 1070. The Balaban J connectivity index is 1.52. The van der Waals surface area contributed by atoms with Gasteiger partial charge in [0.25, 0.3) is 11.8 Å². The minimum atomic E-state index is -0.630. The lowest BCUT2D eigenvalue weighted by Gasteiger charge is -2.42. The molecule has 2 heterocycles. The molecule has 1 N–H and O–H groups in total. The first-order valence-electron chi connectivity index (χ1n) is 10.7. The second-order valence-corrected chi connectivity index (χ2v) is 8.09. The third kappa shape index (κ3) is 4.83. The van der Waals surface area contributed by atoms with Gasteiger partial charge in [-0.3, -0.25) is 14.4 Å². The second kappa shape index (κ2) is 9.58. The molecule has 4 rings (SSSR count). The van der Waals surface area contributed by atoms with Crippen LogP contribution in [-0.4, -0.2) is 61.7 Å². The molecule has 2 aromatic carbocycles. The number of nitrogens with zero attached hydrogens (tertiary/aromatic N) is 1. The lowest BCUT2D eigenvalue weighted by atomic mass is 9.94. The predicted molar refractivity (Wildman–Crippen MR) is 117 cm³/mol. The Morgan fingerprint density at radius 3 is 2.76 bits per heavy atom. The number of benzene rings is 2. The van der Waals surface area contributed by atoms with Gasteiger partial charge in [0.2, 0.25) is 0 Å². The highest BCUT2D eigenvalue weighted by Crippen LogP contribution is 2.32. The van der Waals surface area contributed by atoms with E-state index in [0.29, 0.717) is 29.8 Å². The number of fused-ring (bicyclic) bond motifs is 2. The number of likely N-dealkylation sites (N-methyl/N-ethyl adjacent to an activating group) is 1. The molecule has 2 aromatic rings. The van der Waals surface area contributed by atoms with E-state index in [-0.39, 0.29) is 42.6 Å². The highest BCUT2D eigenvalue weighted by atomic mass is 19.1. The van der Waals surface area contributed by atoms with Crippen molar-refractivity contribution in [3.8, 4) is 5.75 Å². The summed E-state index contributed by atoms with van der Waals surface area (Å²) in [6.07, 6.45) is 0.728. The summed E-state index contributed by atoms with van der Waals surface area (Å²) >= 11 is 0. The van der Waals surface area contributed by atoms with Crippen molar-refractivity contribution < 1.29 is 33.0 Å². The number of hydrogen-bond acceptors (Lipinski definition) is 6. The summed E-state index contributed by atoms with van der Waals surface area (Å²) in [5.74, 6) is -1.51. The van der Waals surface area contributed by atoms with Gasteiger partial charge in [-0.25, -0.2) is 4.39 Å². The normalized spacial score (nSPS) is 22.2. The Morgan fingerprint density at radius 1 is 1.21 bits per heavy atom. The first kappa shape index (κ1) is 22.7. The average molecular weight is 456 g/mol. The van der Waals surface area contributed by atoms with Crippen LogP contribution in [0.5, 0.6) is 5.75 Å². The maximum Gasteiger partial charge on any atom is 0.308 e. The van der Waals surface area contributed by atoms with E-state index >= 15 is 0 Å². The van der Waals surface area contributed by atoms with Gasteiger partial charge in [0.15, 0.2) is 0 Å². The van der Waals surface area contributed by atoms with Gasteiger partial charge in [-0.2, -0.15) is 0 Å². The first-order valence-corrected chi connectivity index (χ1v) is 10.7. The van der Waals surface area contributed by atoms with Gasteiger partial charge in [0, 0.05) is 12.7 Å².